The molecule has 2 aromatic carbocycles. The Hall–Kier alpha value is -2.21. The van der Waals surface area contributed by atoms with E-state index in [-0.39, 0.29) is 17.1 Å². The molecule has 1 N–H and O–H groups in total. The van der Waals surface area contributed by atoms with Crippen molar-refractivity contribution in [3.05, 3.63) is 65.5 Å². The highest BCUT2D eigenvalue weighted by Gasteiger charge is 2.23. The summed E-state index contributed by atoms with van der Waals surface area (Å²) in [5.74, 6) is 1.48. The Morgan fingerprint density at radius 1 is 1.22 bits per heavy atom. The van der Waals surface area contributed by atoms with E-state index in [1.54, 1.807) is 24.9 Å². The van der Waals surface area contributed by atoms with Gasteiger partial charge in [0.15, 0.2) is 0 Å². The molecule has 1 aliphatic rings. The maximum absolute atomic E-state index is 14.0. The van der Waals surface area contributed by atoms with Crippen LogP contribution >= 0.6 is 11.8 Å². The molecule has 0 saturated carbocycles. The van der Waals surface area contributed by atoms with Crippen LogP contribution in [0.15, 0.2) is 48.5 Å². The number of methoxy groups -OCH3 is 1. The summed E-state index contributed by atoms with van der Waals surface area (Å²) >= 11 is 1.72. The molecule has 1 saturated heterocycles. The quantitative estimate of drug-likeness (QED) is 0.832. The number of nitrogens with one attached hydrogen (secondary N) is 1. The third-order valence-corrected chi connectivity index (χ3v) is 6.04. The zero-order valence-corrected chi connectivity index (χ0v) is 16.3. The second kappa shape index (κ2) is 9.65. The zero-order valence-electron chi connectivity index (χ0n) is 15.5. The molecular formula is C21H25FN2O2S. The van der Waals surface area contributed by atoms with Crippen molar-refractivity contribution in [3.63, 3.8) is 0 Å². The molecule has 1 fully saturated rings. The maximum atomic E-state index is 14.0. The number of urea groups is 1. The van der Waals surface area contributed by atoms with Crippen molar-refractivity contribution in [3.8, 4) is 5.75 Å². The molecule has 1 aliphatic heterocycles. The number of hydrogen-bond acceptors (Lipinski definition) is 3. The molecule has 0 aliphatic carbocycles. The lowest BCUT2D eigenvalue weighted by atomic mass is 10.1. The minimum absolute atomic E-state index is 0.0432. The maximum Gasteiger partial charge on any atom is 0.317 e. The van der Waals surface area contributed by atoms with E-state index in [1.165, 1.54) is 6.07 Å². The summed E-state index contributed by atoms with van der Waals surface area (Å²) in [7, 11) is 1.64. The van der Waals surface area contributed by atoms with E-state index < -0.39 is 0 Å². The van der Waals surface area contributed by atoms with Crippen LogP contribution in [0.4, 0.5) is 9.18 Å². The molecule has 2 amide bonds. The van der Waals surface area contributed by atoms with Gasteiger partial charge in [-0.3, -0.25) is 0 Å². The van der Waals surface area contributed by atoms with Crippen molar-refractivity contribution in [2.24, 2.45) is 0 Å². The second-order valence-corrected chi connectivity index (χ2v) is 7.80. The summed E-state index contributed by atoms with van der Waals surface area (Å²) in [4.78, 5) is 14.3. The highest BCUT2D eigenvalue weighted by Crippen LogP contribution is 2.35. The van der Waals surface area contributed by atoms with Gasteiger partial charge in [0.2, 0.25) is 0 Å². The van der Waals surface area contributed by atoms with E-state index in [9.17, 15) is 9.18 Å². The van der Waals surface area contributed by atoms with Crippen molar-refractivity contribution in [1.82, 2.24) is 10.2 Å². The average molecular weight is 389 g/mol. The molecule has 0 aromatic heterocycles. The van der Waals surface area contributed by atoms with E-state index in [0.717, 1.165) is 35.5 Å². The molecule has 1 atom stereocenters. The predicted molar refractivity (Wildman–Crippen MR) is 108 cm³/mol. The van der Waals surface area contributed by atoms with Crippen LogP contribution in [0.2, 0.25) is 0 Å². The van der Waals surface area contributed by atoms with Crippen LogP contribution in [-0.4, -0.2) is 43.4 Å². The Labute approximate surface area is 164 Å². The molecule has 2 aromatic rings. The van der Waals surface area contributed by atoms with Gasteiger partial charge in [-0.25, -0.2) is 9.18 Å². The zero-order chi connectivity index (χ0) is 19.1. The van der Waals surface area contributed by atoms with Gasteiger partial charge in [0.1, 0.15) is 11.6 Å². The molecule has 1 heterocycles. The Morgan fingerprint density at radius 3 is 2.74 bits per heavy atom. The molecule has 144 valence electrons. The van der Waals surface area contributed by atoms with Crippen LogP contribution in [-0.2, 0) is 6.42 Å². The van der Waals surface area contributed by atoms with Crippen LogP contribution in [0.25, 0.3) is 0 Å². The number of nitrogens with zero attached hydrogens (tertiary/aromatic N) is 1. The Balaban J connectivity index is 1.47. The van der Waals surface area contributed by atoms with Gasteiger partial charge >= 0.3 is 6.03 Å². The molecule has 27 heavy (non-hydrogen) atoms. The Kier molecular flexibility index (Phi) is 6.98. The molecular weight excluding hydrogens is 363 g/mol. The first kappa shape index (κ1) is 19.5. The summed E-state index contributed by atoms with van der Waals surface area (Å²) in [5, 5.41) is 3.10. The average Bonchev–Trinajstić information content (AvgIpc) is 2.95. The van der Waals surface area contributed by atoms with Crippen molar-refractivity contribution in [2.45, 2.75) is 18.1 Å². The van der Waals surface area contributed by atoms with Gasteiger partial charge in [-0.2, -0.15) is 11.8 Å². The largest absolute Gasteiger partial charge is 0.497 e. The lowest BCUT2D eigenvalue weighted by molar-refractivity contribution is 0.201. The number of benzene rings is 2. The normalized spacial score (nSPS) is 17.3. The van der Waals surface area contributed by atoms with E-state index in [2.05, 4.69) is 5.32 Å². The number of thioether (sulfide) groups is 1. The topological polar surface area (TPSA) is 41.6 Å². The Bertz CT molecular complexity index is 754. The van der Waals surface area contributed by atoms with E-state index >= 15 is 0 Å². The molecule has 0 radical (unpaired) electrons. The van der Waals surface area contributed by atoms with Crippen LogP contribution in [0.3, 0.4) is 0 Å². The van der Waals surface area contributed by atoms with Crippen molar-refractivity contribution in [2.75, 3.05) is 32.5 Å². The number of ether oxygens (including phenoxy) is 1. The minimum atomic E-state index is -0.160. The van der Waals surface area contributed by atoms with Crippen molar-refractivity contribution >= 4 is 17.8 Å². The number of rotatable bonds is 5. The SMILES string of the molecule is COc1ccc(CCNC(=O)N2CCSC(c3ccccc3F)CC2)cc1. The second-order valence-electron chi connectivity index (χ2n) is 6.49. The van der Waals surface area contributed by atoms with Gasteiger partial charge in [0.05, 0.1) is 7.11 Å². The first-order valence-electron chi connectivity index (χ1n) is 9.19. The lowest BCUT2D eigenvalue weighted by Crippen LogP contribution is -2.41. The summed E-state index contributed by atoms with van der Waals surface area (Å²) in [5.41, 5.74) is 1.89. The summed E-state index contributed by atoms with van der Waals surface area (Å²) in [6.45, 7) is 1.91. The highest BCUT2D eigenvalue weighted by atomic mass is 32.2. The fraction of sp³-hybridized carbons (Fsp3) is 0.381. The molecule has 0 bridgehead atoms. The van der Waals surface area contributed by atoms with Crippen LogP contribution in [0.5, 0.6) is 5.75 Å². The molecule has 3 rings (SSSR count). The fourth-order valence-electron chi connectivity index (χ4n) is 3.18. The van der Waals surface area contributed by atoms with E-state index in [1.807, 2.05) is 41.3 Å². The standard InChI is InChI=1S/C21H25FN2O2S/c1-26-17-8-6-16(7-9-17)10-12-23-21(25)24-13-11-20(27-15-14-24)18-4-2-3-5-19(18)22/h2-9,20H,10-15H2,1H3,(H,23,25). The number of amides is 2. The van der Waals surface area contributed by atoms with Crippen molar-refractivity contribution < 1.29 is 13.9 Å². The number of carbonyl (C=O) groups is 1. The minimum Gasteiger partial charge on any atom is -0.497 e. The third-order valence-electron chi connectivity index (χ3n) is 4.73. The summed E-state index contributed by atoms with van der Waals surface area (Å²) < 4.78 is 19.2. The van der Waals surface area contributed by atoms with Gasteiger partial charge in [-0.1, -0.05) is 30.3 Å². The number of halogens is 1. The number of hydrogen-bond donors (Lipinski definition) is 1. The van der Waals surface area contributed by atoms with Crippen LogP contribution in [0.1, 0.15) is 22.8 Å². The molecule has 0 spiro atoms. The number of carbonyl (C=O) groups excluding carboxylic acids is 1. The summed E-state index contributed by atoms with van der Waals surface area (Å²) in [6, 6.07) is 14.7. The van der Waals surface area contributed by atoms with E-state index in [0.29, 0.717) is 19.6 Å². The van der Waals surface area contributed by atoms with Gasteiger partial charge in [0.25, 0.3) is 0 Å². The first-order chi connectivity index (χ1) is 13.2. The van der Waals surface area contributed by atoms with Gasteiger partial charge in [0, 0.05) is 36.2 Å². The van der Waals surface area contributed by atoms with Crippen LogP contribution in [0, 0.1) is 5.82 Å². The van der Waals surface area contributed by atoms with E-state index in [4.69, 9.17) is 4.74 Å². The van der Waals surface area contributed by atoms with Gasteiger partial charge < -0.3 is 15.0 Å². The summed E-state index contributed by atoms with van der Waals surface area (Å²) in [6.07, 6.45) is 1.54. The first-order valence-corrected chi connectivity index (χ1v) is 10.2. The monoisotopic (exact) mass is 388 g/mol. The molecule has 6 heteroatoms. The van der Waals surface area contributed by atoms with Crippen molar-refractivity contribution in [1.29, 1.82) is 0 Å². The fourth-order valence-corrected chi connectivity index (χ4v) is 4.43. The highest BCUT2D eigenvalue weighted by molar-refractivity contribution is 7.99. The lowest BCUT2D eigenvalue weighted by Gasteiger charge is -2.21. The molecule has 4 nitrogen and oxygen atoms in total. The predicted octanol–water partition coefficient (Wildman–Crippen LogP) is 4.27. The Morgan fingerprint density at radius 2 is 2.00 bits per heavy atom. The molecule has 1 unspecified atom stereocenters. The smallest absolute Gasteiger partial charge is 0.317 e. The van der Waals surface area contributed by atoms with Gasteiger partial charge in [-0.05, 0) is 36.6 Å². The van der Waals surface area contributed by atoms with Gasteiger partial charge in [-0.15, -0.1) is 0 Å². The third kappa shape index (κ3) is 5.39. The van der Waals surface area contributed by atoms with Crippen LogP contribution < -0.4 is 10.1 Å².